The molecule has 0 spiro atoms. The van der Waals surface area contributed by atoms with Crippen LogP contribution in [0.1, 0.15) is 35.8 Å². The van der Waals surface area contributed by atoms with Crippen LogP contribution in [0.25, 0.3) is 0 Å². The molecule has 0 radical (unpaired) electrons. The van der Waals surface area contributed by atoms with Crippen LogP contribution in [0.15, 0.2) is 72.8 Å². The van der Waals surface area contributed by atoms with Crippen molar-refractivity contribution in [2.75, 3.05) is 18.1 Å². The Kier molecular flexibility index (Phi) is 7.10. The maximum absolute atomic E-state index is 13.4. The number of ether oxygens (including phenoxy) is 2. The Bertz CT molecular complexity index is 1250. The lowest BCUT2D eigenvalue weighted by Gasteiger charge is -2.34. The van der Waals surface area contributed by atoms with Crippen molar-refractivity contribution in [2.45, 2.75) is 25.9 Å². The molecule has 3 aromatic carbocycles. The zero-order chi connectivity index (χ0) is 24.9. The summed E-state index contributed by atoms with van der Waals surface area (Å²) in [6.07, 6.45) is 0. The van der Waals surface area contributed by atoms with Crippen LogP contribution in [-0.2, 0) is 9.59 Å². The van der Waals surface area contributed by atoms with E-state index in [1.807, 2.05) is 37.3 Å². The molecule has 0 saturated carbocycles. The van der Waals surface area contributed by atoms with Crippen LogP contribution >= 0.6 is 0 Å². The zero-order valence-electron chi connectivity index (χ0n) is 19.4. The fraction of sp³-hybridized carbons (Fsp3) is 0.222. The van der Waals surface area contributed by atoms with E-state index in [0.29, 0.717) is 11.4 Å². The van der Waals surface area contributed by atoms with Gasteiger partial charge in [0.15, 0.2) is 19.0 Å². The van der Waals surface area contributed by atoms with E-state index in [1.165, 1.54) is 29.2 Å². The molecule has 2 amide bonds. The molecule has 8 heteroatoms. The molecule has 0 fully saturated rings. The number of halogens is 1. The van der Waals surface area contributed by atoms with Gasteiger partial charge in [-0.25, -0.2) is 4.39 Å². The summed E-state index contributed by atoms with van der Waals surface area (Å²) in [5, 5.41) is 2.93. The summed E-state index contributed by atoms with van der Waals surface area (Å²) >= 11 is 0. The van der Waals surface area contributed by atoms with Gasteiger partial charge in [-0.1, -0.05) is 36.4 Å². The molecule has 0 aromatic heterocycles. The zero-order valence-corrected chi connectivity index (χ0v) is 19.4. The molecule has 0 aliphatic carbocycles. The van der Waals surface area contributed by atoms with Crippen molar-refractivity contribution in [3.63, 3.8) is 0 Å². The fourth-order valence-electron chi connectivity index (χ4n) is 3.83. The topological polar surface area (TPSA) is 84.9 Å². The normalized spacial score (nSPS) is 14.4. The first-order valence-electron chi connectivity index (χ1n) is 11.2. The minimum atomic E-state index is -0.842. The number of carbonyl (C=O) groups is 3. The smallest absolute Gasteiger partial charge is 0.265 e. The second-order valence-electron chi connectivity index (χ2n) is 8.22. The summed E-state index contributed by atoms with van der Waals surface area (Å²) < 4.78 is 24.3. The molecule has 2 atom stereocenters. The molecule has 4 rings (SSSR count). The number of hydrogen-bond acceptors (Lipinski definition) is 5. The van der Waals surface area contributed by atoms with E-state index < -0.39 is 17.8 Å². The van der Waals surface area contributed by atoms with Crippen LogP contribution in [0.3, 0.4) is 0 Å². The molecule has 0 bridgehead atoms. The molecule has 35 heavy (non-hydrogen) atoms. The van der Waals surface area contributed by atoms with Crippen LogP contribution in [-0.4, -0.2) is 36.9 Å². The van der Waals surface area contributed by atoms with Crippen molar-refractivity contribution in [2.24, 2.45) is 0 Å². The van der Waals surface area contributed by atoms with Crippen molar-refractivity contribution in [3.05, 3.63) is 89.7 Å². The van der Waals surface area contributed by atoms with Gasteiger partial charge in [-0.2, -0.15) is 0 Å². The van der Waals surface area contributed by atoms with E-state index in [9.17, 15) is 18.8 Å². The number of Topliss-reactive ketones (excluding diaryl/α,β-unsaturated/α-hetero) is 1. The lowest BCUT2D eigenvalue weighted by atomic mass is 10.1. The highest BCUT2D eigenvalue weighted by Crippen LogP contribution is 2.34. The minimum Gasteiger partial charge on any atom is -0.485 e. The molecule has 1 aliphatic heterocycles. The predicted octanol–water partition coefficient (Wildman–Crippen LogP) is 4.08. The standard InChI is InChI=1S/C27H25FN2O5/c1-17(19-7-4-3-5-8-19)29-27(33)18(2)30-23-13-20(11-12-25(23)35-16-26(30)32)24(31)15-34-22-10-6-9-21(28)14-22/h3-14,17-18H,15-16H2,1-2H3,(H,29,33)/t17-,18-/m0/s1. The Morgan fingerprint density at radius 3 is 2.57 bits per heavy atom. The third kappa shape index (κ3) is 5.48. The summed E-state index contributed by atoms with van der Waals surface area (Å²) in [5.41, 5.74) is 1.54. The number of carbonyl (C=O) groups excluding carboxylic acids is 3. The summed E-state index contributed by atoms with van der Waals surface area (Å²) in [7, 11) is 0. The van der Waals surface area contributed by atoms with Crippen molar-refractivity contribution in [3.8, 4) is 11.5 Å². The monoisotopic (exact) mass is 476 g/mol. The van der Waals surface area contributed by atoms with Crippen LogP contribution in [0.2, 0.25) is 0 Å². The Balaban J connectivity index is 1.51. The largest absolute Gasteiger partial charge is 0.485 e. The molecule has 1 heterocycles. The summed E-state index contributed by atoms with van der Waals surface area (Å²) in [5.74, 6) is -0.951. The number of nitrogens with one attached hydrogen (secondary N) is 1. The molecule has 1 aliphatic rings. The second kappa shape index (κ2) is 10.4. The van der Waals surface area contributed by atoms with Gasteiger partial charge >= 0.3 is 0 Å². The lowest BCUT2D eigenvalue weighted by molar-refractivity contribution is -0.127. The molecular formula is C27H25FN2O5. The van der Waals surface area contributed by atoms with E-state index in [4.69, 9.17) is 9.47 Å². The fourth-order valence-corrected chi connectivity index (χ4v) is 3.83. The van der Waals surface area contributed by atoms with Gasteiger partial charge in [0.25, 0.3) is 5.91 Å². The number of ketones is 1. The Hall–Kier alpha value is -4.20. The van der Waals surface area contributed by atoms with Gasteiger partial charge in [0.05, 0.1) is 11.7 Å². The number of benzene rings is 3. The van der Waals surface area contributed by atoms with E-state index in [-0.39, 0.29) is 42.3 Å². The van der Waals surface area contributed by atoms with E-state index in [0.717, 1.165) is 5.56 Å². The van der Waals surface area contributed by atoms with Gasteiger partial charge in [-0.15, -0.1) is 0 Å². The summed E-state index contributed by atoms with van der Waals surface area (Å²) in [4.78, 5) is 39.9. The van der Waals surface area contributed by atoms with Gasteiger partial charge in [-0.3, -0.25) is 19.3 Å². The van der Waals surface area contributed by atoms with Gasteiger partial charge in [0, 0.05) is 11.6 Å². The van der Waals surface area contributed by atoms with E-state index in [2.05, 4.69) is 5.32 Å². The molecule has 180 valence electrons. The number of nitrogens with zero attached hydrogens (tertiary/aromatic N) is 1. The predicted molar refractivity (Wildman–Crippen MR) is 128 cm³/mol. The summed E-state index contributed by atoms with van der Waals surface area (Å²) in [6, 6.07) is 18.6. The first-order chi connectivity index (χ1) is 16.8. The second-order valence-corrected chi connectivity index (χ2v) is 8.22. The average Bonchev–Trinajstić information content (AvgIpc) is 2.87. The maximum Gasteiger partial charge on any atom is 0.265 e. The van der Waals surface area contributed by atoms with E-state index in [1.54, 1.807) is 25.1 Å². The third-order valence-corrected chi connectivity index (χ3v) is 5.75. The number of anilines is 1. The van der Waals surface area contributed by atoms with Gasteiger partial charge in [-0.05, 0) is 49.7 Å². The van der Waals surface area contributed by atoms with Crippen LogP contribution in [0.5, 0.6) is 11.5 Å². The number of hydrogen-bond donors (Lipinski definition) is 1. The molecule has 3 aromatic rings. The Labute approximate surface area is 202 Å². The first-order valence-corrected chi connectivity index (χ1v) is 11.2. The number of fused-ring (bicyclic) bond motifs is 1. The van der Waals surface area contributed by atoms with Gasteiger partial charge < -0.3 is 14.8 Å². The van der Waals surface area contributed by atoms with Gasteiger partial charge in [0.1, 0.15) is 23.4 Å². The van der Waals surface area contributed by atoms with Crippen molar-refractivity contribution < 1.29 is 28.2 Å². The molecular weight excluding hydrogens is 451 g/mol. The third-order valence-electron chi connectivity index (χ3n) is 5.75. The van der Waals surface area contributed by atoms with Crippen molar-refractivity contribution in [1.82, 2.24) is 5.32 Å². The lowest BCUT2D eigenvalue weighted by Crippen LogP contribution is -2.51. The minimum absolute atomic E-state index is 0.213. The average molecular weight is 477 g/mol. The number of rotatable bonds is 8. The maximum atomic E-state index is 13.4. The molecule has 0 unspecified atom stereocenters. The van der Waals surface area contributed by atoms with E-state index >= 15 is 0 Å². The van der Waals surface area contributed by atoms with Crippen LogP contribution in [0.4, 0.5) is 10.1 Å². The Morgan fingerprint density at radius 2 is 1.83 bits per heavy atom. The van der Waals surface area contributed by atoms with Crippen LogP contribution in [0, 0.1) is 5.82 Å². The molecule has 0 saturated heterocycles. The summed E-state index contributed by atoms with van der Waals surface area (Å²) in [6.45, 7) is 2.96. The highest BCUT2D eigenvalue weighted by Gasteiger charge is 2.34. The highest BCUT2D eigenvalue weighted by atomic mass is 19.1. The molecule has 7 nitrogen and oxygen atoms in total. The number of amides is 2. The van der Waals surface area contributed by atoms with Gasteiger partial charge in [0.2, 0.25) is 5.91 Å². The Morgan fingerprint density at radius 1 is 1.06 bits per heavy atom. The van der Waals surface area contributed by atoms with Crippen molar-refractivity contribution in [1.29, 1.82) is 0 Å². The highest BCUT2D eigenvalue weighted by molar-refractivity contribution is 6.06. The van der Waals surface area contributed by atoms with Crippen molar-refractivity contribution >= 4 is 23.3 Å². The van der Waals surface area contributed by atoms with Crippen LogP contribution < -0.4 is 19.7 Å². The quantitative estimate of drug-likeness (QED) is 0.496. The first kappa shape index (κ1) is 23.9. The molecule has 1 N–H and O–H groups in total. The SMILES string of the molecule is C[C@H](NC(=O)[C@H](C)N1C(=O)COc2ccc(C(=O)COc3cccc(F)c3)cc21)c1ccccc1.